The van der Waals surface area contributed by atoms with Crippen LogP contribution in [0.3, 0.4) is 0 Å². The van der Waals surface area contributed by atoms with Gasteiger partial charge in [-0.1, -0.05) is 29.3 Å². The highest BCUT2D eigenvalue weighted by Gasteiger charge is 2.00. The molecule has 0 spiro atoms. The zero-order chi connectivity index (χ0) is 12.3. The summed E-state index contributed by atoms with van der Waals surface area (Å²) in [6.45, 7) is 0. The van der Waals surface area contributed by atoms with Gasteiger partial charge in [-0.05, 0) is 29.8 Å². The van der Waals surface area contributed by atoms with E-state index in [-0.39, 0.29) is 0 Å². The van der Waals surface area contributed by atoms with Crippen LogP contribution in [0.1, 0.15) is 11.3 Å². The number of pyridine rings is 1. The summed E-state index contributed by atoms with van der Waals surface area (Å²) in [6.07, 6.45) is 6.06. The van der Waals surface area contributed by atoms with E-state index in [9.17, 15) is 0 Å². The van der Waals surface area contributed by atoms with Crippen molar-refractivity contribution in [1.29, 1.82) is 0 Å². The zero-order valence-corrected chi connectivity index (χ0v) is 10.9. The molecule has 0 fully saturated rings. The summed E-state index contributed by atoms with van der Waals surface area (Å²) in [5.74, 6) is 0. The first-order valence-electron chi connectivity index (χ1n) is 5.24. The Balaban J connectivity index is 2.26. The van der Waals surface area contributed by atoms with Crippen molar-refractivity contribution < 1.29 is 4.57 Å². The topological polar surface area (TPSA) is 3.88 Å². The molecule has 0 aliphatic heterocycles. The standard InChI is InChI=1S/C14H12Cl2N/c1-17-9-3-2-4-12(17)7-5-11-6-8-13(15)14(16)10-11/h2-10H,1H3/q+1. The van der Waals surface area contributed by atoms with E-state index in [1.165, 1.54) is 0 Å². The molecule has 0 radical (unpaired) electrons. The van der Waals surface area contributed by atoms with Gasteiger partial charge < -0.3 is 0 Å². The largest absolute Gasteiger partial charge is 0.204 e. The number of benzene rings is 1. The van der Waals surface area contributed by atoms with Crippen LogP contribution >= 0.6 is 23.2 Å². The van der Waals surface area contributed by atoms with Crippen LogP contribution in [-0.2, 0) is 7.05 Å². The molecule has 1 aromatic carbocycles. The van der Waals surface area contributed by atoms with Crippen molar-refractivity contribution in [1.82, 2.24) is 0 Å². The molecule has 0 amide bonds. The highest BCUT2D eigenvalue weighted by molar-refractivity contribution is 6.42. The number of hydrogen-bond acceptors (Lipinski definition) is 0. The molecular formula is C14H12Cl2N+. The lowest BCUT2D eigenvalue weighted by Crippen LogP contribution is -2.30. The van der Waals surface area contributed by atoms with E-state index in [1.807, 2.05) is 60.3 Å². The predicted octanol–water partition coefficient (Wildman–Crippen LogP) is 3.99. The van der Waals surface area contributed by atoms with Crippen LogP contribution in [0.15, 0.2) is 42.6 Å². The first kappa shape index (κ1) is 12.2. The molecule has 0 N–H and O–H groups in total. The number of aryl methyl sites for hydroxylation is 1. The Morgan fingerprint density at radius 3 is 2.53 bits per heavy atom. The SMILES string of the molecule is C[n+]1ccccc1C=Cc1ccc(Cl)c(Cl)c1. The van der Waals surface area contributed by atoms with Gasteiger partial charge in [0.25, 0.3) is 0 Å². The van der Waals surface area contributed by atoms with Gasteiger partial charge in [-0.15, -0.1) is 0 Å². The summed E-state index contributed by atoms with van der Waals surface area (Å²) in [6, 6.07) is 11.6. The molecule has 0 unspecified atom stereocenters. The summed E-state index contributed by atoms with van der Waals surface area (Å²) < 4.78 is 2.05. The lowest BCUT2D eigenvalue weighted by atomic mass is 10.2. The van der Waals surface area contributed by atoms with E-state index in [0.29, 0.717) is 10.0 Å². The molecule has 0 saturated carbocycles. The Labute approximate surface area is 111 Å². The van der Waals surface area contributed by atoms with Crippen molar-refractivity contribution in [3.8, 4) is 0 Å². The van der Waals surface area contributed by atoms with Crippen molar-refractivity contribution >= 4 is 35.4 Å². The Kier molecular flexibility index (Phi) is 3.82. The predicted molar refractivity (Wildman–Crippen MR) is 73.0 cm³/mol. The van der Waals surface area contributed by atoms with Crippen molar-refractivity contribution in [3.63, 3.8) is 0 Å². The third kappa shape index (κ3) is 3.09. The normalized spacial score (nSPS) is 11.0. The van der Waals surface area contributed by atoms with Crippen LogP contribution in [-0.4, -0.2) is 0 Å². The smallest absolute Gasteiger partial charge is 0.202 e. The second-order valence-electron chi connectivity index (χ2n) is 3.74. The van der Waals surface area contributed by atoms with Crippen LogP contribution < -0.4 is 4.57 Å². The Bertz CT molecular complexity index is 562. The highest BCUT2D eigenvalue weighted by atomic mass is 35.5. The van der Waals surface area contributed by atoms with Gasteiger partial charge in [-0.3, -0.25) is 0 Å². The van der Waals surface area contributed by atoms with E-state index >= 15 is 0 Å². The molecule has 0 aliphatic rings. The molecule has 1 nitrogen and oxygen atoms in total. The molecule has 2 rings (SSSR count). The van der Waals surface area contributed by atoms with Gasteiger partial charge >= 0.3 is 0 Å². The fourth-order valence-corrected chi connectivity index (χ4v) is 1.81. The second kappa shape index (κ2) is 5.35. The van der Waals surface area contributed by atoms with Gasteiger partial charge in [0.1, 0.15) is 7.05 Å². The lowest BCUT2D eigenvalue weighted by molar-refractivity contribution is -0.673. The van der Waals surface area contributed by atoms with Gasteiger partial charge in [0, 0.05) is 18.2 Å². The van der Waals surface area contributed by atoms with Gasteiger partial charge in [-0.25, -0.2) is 4.57 Å². The second-order valence-corrected chi connectivity index (χ2v) is 4.56. The monoisotopic (exact) mass is 264 g/mol. The van der Waals surface area contributed by atoms with Crippen LogP contribution in [0.4, 0.5) is 0 Å². The number of aromatic nitrogens is 1. The summed E-state index contributed by atoms with van der Waals surface area (Å²) >= 11 is 11.8. The maximum atomic E-state index is 5.96. The Morgan fingerprint density at radius 1 is 1.00 bits per heavy atom. The van der Waals surface area contributed by atoms with Crippen molar-refractivity contribution in [3.05, 3.63) is 63.9 Å². The fourth-order valence-electron chi connectivity index (χ4n) is 1.51. The molecule has 1 heterocycles. The zero-order valence-electron chi connectivity index (χ0n) is 9.40. The molecule has 86 valence electrons. The number of rotatable bonds is 2. The third-order valence-corrected chi connectivity index (χ3v) is 3.22. The van der Waals surface area contributed by atoms with E-state index in [2.05, 4.69) is 0 Å². The molecule has 0 aliphatic carbocycles. The van der Waals surface area contributed by atoms with Crippen molar-refractivity contribution in [2.45, 2.75) is 0 Å². The minimum Gasteiger partial charge on any atom is -0.202 e. The third-order valence-electron chi connectivity index (χ3n) is 2.49. The molecule has 2 aromatic rings. The first-order chi connectivity index (χ1) is 8.16. The number of halogens is 2. The Hall–Kier alpha value is -1.31. The minimum absolute atomic E-state index is 0.575. The summed E-state index contributed by atoms with van der Waals surface area (Å²) in [5, 5.41) is 1.15. The first-order valence-corrected chi connectivity index (χ1v) is 6.00. The van der Waals surface area contributed by atoms with Gasteiger partial charge in [0.2, 0.25) is 5.69 Å². The van der Waals surface area contributed by atoms with Crippen molar-refractivity contribution in [2.75, 3.05) is 0 Å². The molecule has 0 atom stereocenters. The molecule has 17 heavy (non-hydrogen) atoms. The van der Waals surface area contributed by atoms with Crippen LogP contribution in [0.25, 0.3) is 12.2 Å². The van der Waals surface area contributed by atoms with Crippen molar-refractivity contribution in [2.24, 2.45) is 7.05 Å². The van der Waals surface area contributed by atoms with E-state index < -0.39 is 0 Å². The maximum Gasteiger partial charge on any atom is 0.204 e. The maximum absolute atomic E-state index is 5.96. The minimum atomic E-state index is 0.575. The molecule has 1 aromatic heterocycles. The molecule has 3 heteroatoms. The van der Waals surface area contributed by atoms with E-state index in [4.69, 9.17) is 23.2 Å². The van der Waals surface area contributed by atoms with Gasteiger partial charge in [0.15, 0.2) is 6.20 Å². The van der Waals surface area contributed by atoms with Crippen LogP contribution in [0.5, 0.6) is 0 Å². The average Bonchev–Trinajstić information content (AvgIpc) is 2.32. The quantitative estimate of drug-likeness (QED) is 0.723. The van der Waals surface area contributed by atoms with E-state index in [1.54, 1.807) is 6.07 Å². The lowest BCUT2D eigenvalue weighted by Gasteiger charge is -1.97. The molecule has 0 saturated heterocycles. The summed E-state index contributed by atoms with van der Waals surface area (Å²) in [7, 11) is 2.01. The fraction of sp³-hybridized carbons (Fsp3) is 0.0714. The number of hydrogen-bond donors (Lipinski definition) is 0. The van der Waals surface area contributed by atoms with Gasteiger partial charge in [0.05, 0.1) is 10.0 Å². The van der Waals surface area contributed by atoms with Gasteiger partial charge in [-0.2, -0.15) is 0 Å². The van der Waals surface area contributed by atoms with Crippen LogP contribution in [0.2, 0.25) is 10.0 Å². The Morgan fingerprint density at radius 2 is 1.82 bits per heavy atom. The highest BCUT2D eigenvalue weighted by Crippen LogP contribution is 2.23. The molecule has 0 bridgehead atoms. The average molecular weight is 265 g/mol. The number of nitrogens with zero attached hydrogens (tertiary/aromatic N) is 1. The summed E-state index contributed by atoms with van der Waals surface area (Å²) in [5.41, 5.74) is 2.15. The summed E-state index contributed by atoms with van der Waals surface area (Å²) in [4.78, 5) is 0. The van der Waals surface area contributed by atoms with Crippen LogP contribution in [0, 0.1) is 0 Å². The molecular weight excluding hydrogens is 253 g/mol. The van der Waals surface area contributed by atoms with E-state index in [0.717, 1.165) is 11.3 Å².